The smallest absolute Gasteiger partial charge is 0.0745 e. The number of nitrogens with zero attached hydrogens (tertiary/aromatic N) is 1. The second-order valence-corrected chi connectivity index (χ2v) is 4.90. The Morgan fingerprint density at radius 1 is 1.05 bits per heavy atom. The summed E-state index contributed by atoms with van der Waals surface area (Å²) in [4.78, 5) is 4.32. The molecule has 0 amide bonds. The van der Waals surface area contributed by atoms with E-state index in [1.165, 1.54) is 0 Å². The number of aliphatic hydroxyl groups excluding tert-OH is 1. The number of hydrogen-bond acceptors (Lipinski definition) is 4. The van der Waals surface area contributed by atoms with Crippen LogP contribution in [0.2, 0.25) is 0 Å². The number of aromatic nitrogens is 1. The van der Waals surface area contributed by atoms with Gasteiger partial charge < -0.3 is 16.2 Å². The van der Waals surface area contributed by atoms with E-state index >= 15 is 0 Å². The molecule has 0 bridgehead atoms. The summed E-state index contributed by atoms with van der Waals surface area (Å²) in [5.41, 5.74) is 9.33. The summed E-state index contributed by atoms with van der Waals surface area (Å²) < 4.78 is 0. The molecule has 1 heterocycles. The Balaban J connectivity index is 2.02. The molecule has 0 aliphatic heterocycles. The third-order valence-electron chi connectivity index (χ3n) is 3.51. The van der Waals surface area contributed by atoms with Crippen LogP contribution in [0.25, 0.3) is 10.9 Å². The zero-order valence-corrected chi connectivity index (χ0v) is 11.5. The maximum Gasteiger partial charge on any atom is 0.0745 e. The van der Waals surface area contributed by atoms with Gasteiger partial charge in [-0.2, -0.15) is 0 Å². The molecule has 4 heteroatoms. The SMILES string of the molecule is Nc1cnc2ccccc2c1NC(CO)c1ccccc1. The molecule has 0 radical (unpaired) electrons. The fraction of sp³-hybridized carbons (Fsp3) is 0.118. The molecule has 2 aromatic carbocycles. The standard InChI is InChI=1S/C17H17N3O/c18-14-10-19-15-9-5-4-8-13(15)17(14)20-16(11-21)12-6-2-1-3-7-12/h1-10,16,21H,11,18H2,(H,19,20). The monoisotopic (exact) mass is 279 g/mol. The lowest BCUT2D eigenvalue weighted by Crippen LogP contribution is -2.16. The van der Waals surface area contributed by atoms with Crippen LogP contribution < -0.4 is 11.1 Å². The summed E-state index contributed by atoms with van der Waals surface area (Å²) in [6.45, 7) is -0.0138. The number of nitrogen functional groups attached to an aromatic ring is 1. The van der Waals surface area contributed by atoms with E-state index in [9.17, 15) is 5.11 Å². The van der Waals surface area contributed by atoms with E-state index < -0.39 is 0 Å². The van der Waals surface area contributed by atoms with Crippen molar-refractivity contribution in [1.29, 1.82) is 0 Å². The third-order valence-corrected chi connectivity index (χ3v) is 3.51. The van der Waals surface area contributed by atoms with Crippen LogP contribution in [-0.4, -0.2) is 16.7 Å². The number of para-hydroxylation sites is 1. The number of fused-ring (bicyclic) bond motifs is 1. The molecule has 21 heavy (non-hydrogen) atoms. The normalized spacial score (nSPS) is 12.2. The third kappa shape index (κ3) is 2.66. The van der Waals surface area contributed by atoms with Gasteiger partial charge in [0.1, 0.15) is 0 Å². The highest BCUT2D eigenvalue weighted by atomic mass is 16.3. The molecule has 1 atom stereocenters. The number of benzene rings is 2. The molecule has 1 unspecified atom stereocenters. The topological polar surface area (TPSA) is 71.2 Å². The lowest BCUT2D eigenvalue weighted by molar-refractivity contribution is 0.276. The molecule has 3 aromatic rings. The Morgan fingerprint density at radius 2 is 1.76 bits per heavy atom. The zero-order valence-electron chi connectivity index (χ0n) is 11.5. The lowest BCUT2D eigenvalue weighted by Gasteiger charge is -2.20. The molecule has 0 aliphatic carbocycles. The molecule has 0 saturated carbocycles. The summed E-state index contributed by atoms with van der Waals surface area (Å²) in [6.07, 6.45) is 1.64. The number of pyridine rings is 1. The number of hydrogen-bond donors (Lipinski definition) is 3. The van der Waals surface area contributed by atoms with E-state index in [0.717, 1.165) is 22.2 Å². The van der Waals surface area contributed by atoms with Crippen molar-refractivity contribution in [2.24, 2.45) is 0 Å². The number of anilines is 2. The first kappa shape index (κ1) is 13.4. The van der Waals surface area contributed by atoms with Gasteiger partial charge >= 0.3 is 0 Å². The summed E-state index contributed by atoms with van der Waals surface area (Å²) >= 11 is 0. The maximum atomic E-state index is 9.68. The van der Waals surface area contributed by atoms with Crippen molar-refractivity contribution in [3.05, 3.63) is 66.4 Å². The average molecular weight is 279 g/mol. The van der Waals surface area contributed by atoms with Gasteiger partial charge in [0.15, 0.2) is 0 Å². The van der Waals surface area contributed by atoms with Gasteiger partial charge in [-0.05, 0) is 11.6 Å². The molecule has 1 aromatic heterocycles. The number of rotatable bonds is 4. The molecular formula is C17H17N3O. The summed E-state index contributed by atoms with van der Waals surface area (Å²) in [7, 11) is 0. The van der Waals surface area contributed by atoms with Gasteiger partial charge in [0, 0.05) is 5.39 Å². The highest BCUT2D eigenvalue weighted by molar-refractivity contribution is 5.97. The van der Waals surface area contributed by atoms with Crippen LogP contribution in [0.1, 0.15) is 11.6 Å². The highest BCUT2D eigenvalue weighted by Crippen LogP contribution is 2.30. The average Bonchev–Trinajstić information content (AvgIpc) is 2.55. The van der Waals surface area contributed by atoms with E-state index in [2.05, 4.69) is 10.3 Å². The van der Waals surface area contributed by atoms with Crippen LogP contribution in [0, 0.1) is 0 Å². The van der Waals surface area contributed by atoms with Crippen molar-refractivity contribution in [1.82, 2.24) is 4.98 Å². The Labute approximate surface area is 123 Å². The first-order valence-corrected chi connectivity index (χ1v) is 6.85. The second kappa shape index (κ2) is 5.81. The van der Waals surface area contributed by atoms with Crippen LogP contribution >= 0.6 is 0 Å². The largest absolute Gasteiger partial charge is 0.396 e. The van der Waals surface area contributed by atoms with Crippen molar-refractivity contribution >= 4 is 22.3 Å². The molecule has 0 saturated heterocycles. The summed E-state index contributed by atoms with van der Waals surface area (Å²) in [5, 5.41) is 14.0. The van der Waals surface area contributed by atoms with Gasteiger partial charge in [0.05, 0.1) is 35.7 Å². The van der Waals surface area contributed by atoms with Crippen molar-refractivity contribution < 1.29 is 5.11 Å². The van der Waals surface area contributed by atoms with Gasteiger partial charge in [0.2, 0.25) is 0 Å². The predicted molar refractivity (Wildman–Crippen MR) is 86.0 cm³/mol. The van der Waals surface area contributed by atoms with Gasteiger partial charge in [-0.25, -0.2) is 0 Å². The molecule has 0 aliphatic rings. The van der Waals surface area contributed by atoms with E-state index in [4.69, 9.17) is 5.73 Å². The van der Waals surface area contributed by atoms with Crippen molar-refractivity contribution in [3.8, 4) is 0 Å². The van der Waals surface area contributed by atoms with Crippen molar-refractivity contribution in [2.45, 2.75) is 6.04 Å². The molecule has 106 valence electrons. The quantitative estimate of drug-likeness (QED) is 0.686. The van der Waals surface area contributed by atoms with Crippen molar-refractivity contribution in [3.63, 3.8) is 0 Å². The van der Waals surface area contributed by atoms with Crippen LogP contribution in [-0.2, 0) is 0 Å². The van der Waals surface area contributed by atoms with E-state index in [-0.39, 0.29) is 12.6 Å². The molecule has 4 nitrogen and oxygen atoms in total. The molecular weight excluding hydrogens is 262 g/mol. The molecule has 4 N–H and O–H groups in total. The lowest BCUT2D eigenvalue weighted by atomic mass is 10.1. The minimum absolute atomic E-state index is 0.0138. The summed E-state index contributed by atoms with van der Waals surface area (Å²) in [5.74, 6) is 0. The number of nitrogens with one attached hydrogen (secondary N) is 1. The van der Waals surface area contributed by atoms with Crippen molar-refractivity contribution in [2.75, 3.05) is 17.7 Å². The Hall–Kier alpha value is -2.59. The first-order chi connectivity index (χ1) is 10.3. The van der Waals surface area contributed by atoms with E-state index in [0.29, 0.717) is 5.69 Å². The van der Waals surface area contributed by atoms with E-state index in [1.807, 2.05) is 54.6 Å². The Bertz CT molecular complexity index is 743. The maximum absolute atomic E-state index is 9.68. The number of nitrogens with two attached hydrogens (primary N) is 1. The van der Waals surface area contributed by atoms with Crippen LogP contribution in [0.3, 0.4) is 0 Å². The van der Waals surface area contributed by atoms with Gasteiger partial charge in [-0.1, -0.05) is 48.5 Å². The van der Waals surface area contributed by atoms with Gasteiger partial charge in [0.25, 0.3) is 0 Å². The molecule has 0 spiro atoms. The Morgan fingerprint density at radius 3 is 2.52 bits per heavy atom. The van der Waals surface area contributed by atoms with Crippen LogP contribution in [0.5, 0.6) is 0 Å². The minimum Gasteiger partial charge on any atom is -0.396 e. The van der Waals surface area contributed by atoms with Gasteiger partial charge in [-0.3, -0.25) is 4.98 Å². The van der Waals surface area contributed by atoms with Crippen LogP contribution in [0.4, 0.5) is 11.4 Å². The highest BCUT2D eigenvalue weighted by Gasteiger charge is 2.13. The molecule has 3 rings (SSSR count). The second-order valence-electron chi connectivity index (χ2n) is 4.90. The van der Waals surface area contributed by atoms with Gasteiger partial charge in [-0.15, -0.1) is 0 Å². The predicted octanol–water partition coefficient (Wildman–Crippen LogP) is 2.96. The minimum atomic E-state index is -0.209. The fourth-order valence-electron chi connectivity index (χ4n) is 2.41. The van der Waals surface area contributed by atoms with Crippen LogP contribution in [0.15, 0.2) is 60.8 Å². The van der Waals surface area contributed by atoms with E-state index in [1.54, 1.807) is 6.20 Å². The fourth-order valence-corrected chi connectivity index (χ4v) is 2.41. The summed E-state index contributed by atoms with van der Waals surface area (Å²) in [6, 6.07) is 17.4. The molecule has 0 fully saturated rings. The zero-order chi connectivity index (χ0) is 14.7. The number of aliphatic hydroxyl groups is 1. The Kier molecular flexibility index (Phi) is 3.71. The first-order valence-electron chi connectivity index (χ1n) is 6.85.